The number of fused-ring (bicyclic) bond motifs is 2. The van der Waals surface area contributed by atoms with Crippen molar-refractivity contribution in [2.24, 2.45) is 56.7 Å². The Balaban J connectivity index is 0.944. The van der Waals surface area contributed by atoms with E-state index in [-0.39, 0.29) is 58.4 Å². The molecule has 2 aliphatic heterocycles. The van der Waals surface area contributed by atoms with Crippen molar-refractivity contribution in [3.8, 4) is 0 Å². The number of ether oxygens (including phenoxy) is 5. The lowest BCUT2D eigenvalue weighted by atomic mass is 9.41. The van der Waals surface area contributed by atoms with Crippen LogP contribution >= 0.6 is 0 Å². The smallest absolute Gasteiger partial charge is 0.309 e. The van der Waals surface area contributed by atoms with Crippen molar-refractivity contribution in [3.63, 3.8) is 0 Å². The van der Waals surface area contributed by atoms with Gasteiger partial charge in [0.25, 0.3) is 0 Å². The maximum atomic E-state index is 12.5. The van der Waals surface area contributed by atoms with Crippen LogP contribution in [0.1, 0.15) is 113 Å². The van der Waals surface area contributed by atoms with Crippen LogP contribution in [-0.4, -0.2) is 195 Å². The van der Waals surface area contributed by atoms with E-state index in [1.807, 2.05) is 0 Å². The van der Waals surface area contributed by atoms with Crippen LogP contribution in [0.15, 0.2) is 0 Å². The minimum absolute atomic E-state index is 0.0133. The van der Waals surface area contributed by atoms with Crippen LogP contribution in [0.3, 0.4) is 0 Å². The van der Waals surface area contributed by atoms with Crippen molar-refractivity contribution in [1.29, 1.82) is 0 Å². The van der Waals surface area contributed by atoms with E-state index in [0.29, 0.717) is 32.1 Å². The second-order valence-electron chi connectivity index (χ2n) is 24.0. The zero-order chi connectivity index (χ0) is 49.3. The molecule has 26 atom stereocenters. The third-order valence-electron chi connectivity index (χ3n) is 20.0. The monoisotopic (exact) mass is 961 g/mol. The summed E-state index contributed by atoms with van der Waals surface area (Å²) in [6.45, 7) is 13.3. The Morgan fingerprint density at radius 1 is 0.746 bits per heavy atom. The first-order valence-corrected chi connectivity index (χ1v) is 24.7. The van der Waals surface area contributed by atoms with Crippen LogP contribution in [-0.2, 0) is 28.5 Å². The maximum absolute atomic E-state index is 12.5. The number of rotatable bonds is 13. The lowest BCUT2D eigenvalue weighted by Gasteiger charge is -2.64. The first kappa shape index (κ1) is 52.1. The van der Waals surface area contributed by atoms with Gasteiger partial charge >= 0.3 is 5.97 Å². The fourth-order valence-electron chi connectivity index (χ4n) is 16.2. The number of carboxylic acid groups (broad SMARTS) is 1. The molecular formula is C48H80O19. The quantitative estimate of drug-likeness (QED) is 0.1000. The van der Waals surface area contributed by atoms with Crippen LogP contribution in [0.25, 0.3) is 0 Å². The molecule has 0 bridgehead atoms. The van der Waals surface area contributed by atoms with E-state index in [0.717, 1.165) is 25.7 Å². The van der Waals surface area contributed by atoms with Crippen LogP contribution in [0.5, 0.6) is 0 Å². The predicted molar refractivity (Wildman–Crippen MR) is 232 cm³/mol. The summed E-state index contributed by atoms with van der Waals surface area (Å²) in [6.07, 6.45) is -16.7. The number of carbonyl (C=O) groups is 1. The van der Waals surface area contributed by atoms with Crippen LogP contribution < -0.4 is 0 Å². The maximum Gasteiger partial charge on any atom is 0.309 e. The van der Waals surface area contributed by atoms with E-state index < -0.39 is 134 Å². The fourth-order valence-corrected chi connectivity index (χ4v) is 16.2. The molecule has 0 aromatic rings. The minimum atomic E-state index is -1.83. The van der Waals surface area contributed by atoms with Gasteiger partial charge in [0.1, 0.15) is 54.9 Å². The molecule has 386 valence electrons. The van der Waals surface area contributed by atoms with Gasteiger partial charge in [-0.1, -0.05) is 34.6 Å². The van der Waals surface area contributed by atoms with Crippen LogP contribution in [0.2, 0.25) is 0 Å². The highest BCUT2D eigenvalue weighted by atomic mass is 16.7. The highest BCUT2D eigenvalue weighted by molar-refractivity contribution is 5.71. The van der Waals surface area contributed by atoms with Gasteiger partial charge in [0.2, 0.25) is 0 Å². The number of hydrogen-bond donors (Lipinski definition) is 13. The number of aliphatic hydroxyl groups is 12. The predicted octanol–water partition coefficient (Wildman–Crippen LogP) is -0.856. The summed E-state index contributed by atoms with van der Waals surface area (Å²) in [5, 5.41) is 140. The second kappa shape index (κ2) is 18.1. The molecule has 0 unspecified atom stereocenters. The zero-order valence-corrected chi connectivity index (χ0v) is 40.0. The van der Waals surface area contributed by atoms with Gasteiger partial charge in [0, 0.05) is 0 Å². The number of hydrogen-bond acceptors (Lipinski definition) is 18. The molecule has 8 aliphatic rings. The van der Waals surface area contributed by atoms with E-state index in [4.69, 9.17) is 23.7 Å². The Hall–Kier alpha value is -1.21. The molecule has 0 aromatic heterocycles. The van der Waals surface area contributed by atoms with Gasteiger partial charge in [0.05, 0.1) is 61.4 Å². The number of aliphatic hydroxyl groups excluding tert-OH is 12. The van der Waals surface area contributed by atoms with Crippen LogP contribution in [0, 0.1) is 56.7 Å². The summed E-state index contributed by atoms with van der Waals surface area (Å²) in [4.78, 5) is 11.9. The topological polar surface area (TPSA) is 326 Å². The zero-order valence-electron chi connectivity index (χ0n) is 40.0. The van der Waals surface area contributed by atoms with E-state index >= 15 is 0 Å². The van der Waals surface area contributed by atoms with Crippen LogP contribution in [0.4, 0.5) is 0 Å². The van der Waals surface area contributed by atoms with Crippen molar-refractivity contribution >= 4 is 5.97 Å². The van der Waals surface area contributed by atoms with Gasteiger partial charge in [-0.2, -0.15) is 0 Å². The first-order chi connectivity index (χ1) is 31.1. The molecule has 8 fully saturated rings. The summed E-state index contributed by atoms with van der Waals surface area (Å²) in [7, 11) is 0. The molecule has 19 heteroatoms. The van der Waals surface area contributed by atoms with E-state index in [1.54, 1.807) is 13.8 Å². The average molecular weight is 961 g/mol. The van der Waals surface area contributed by atoms with Crippen molar-refractivity contribution in [1.82, 2.24) is 0 Å². The molecular weight excluding hydrogens is 881 g/mol. The Morgan fingerprint density at radius 3 is 2.07 bits per heavy atom. The Morgan fingerprint density at radius 2 is 1.42 bits per heavy atom. The standard InChI is InChI=1S/C48H80O19/c1-20(8-9-28(53)44(4,5)67-41-37(60)36(59)34(57)26(17-49)65-41)30-23(51)16-46(7)27-15-22(50)39-43(2,3)29(10-11-48(39)19-47(27,48)13-12-45(30,46)6)66-42-38(32(55)24(52)18-63-42)64-25-14-21(40(61)62)31(54)35(58)33(25)56/h20-39,41-42,49-60H,8-19H2,1-7H3,(H,61,62)/t20-,21+,22+,23+,24-,25-,26-,27+,28+,29+,30+,31-,32+,33+,34-,35+,36+,37-,38-,39+,41+,42+,45-,46+,47+,48-/m1/s1. The number of aliphatic carboxylic acids is 1. The lowest BCUT2D eigenvalue weighted by molar-refractivity contribution is -0.331. The van der Waals surface area contributed by atoms with Gasteiger partial charge in [-0.3, -0.25) is 4.79 Å². The van der Waals surface area contributed by atoms with Gasteiger partial charge in [-0.25, -0.2) is 0 Å². The first-order valence-electron chi connectivity index (χ1n) is 24.7. The summed E-state index contributed by atoms with van der Waals surface area (Å²) in [6, 6.07) is 0. The van der Waals surface area contributed by atoms with Crippen molar-refractivity contribution in [2.75, 3.05) is 13.2 Å². The van der Waals surface area contributed by atoms with E-state index in [2.05, 4.69) is 34.6 Å². The van der Waals surface area contributed by atoms with Crippen molar-refractivity contribution < 1.29 is 94.9 Å². The minimum Gasteiger partial charge on any atom is -0.481 e. The average Bonchev–Trinajstić information content (AvgIpc) is 3.85. The molecule has 13 N–H and O–H groups in total. The molecule has 0 radical (unpaired) electrons. The normalized spacial score (nSPS) is 53.7. The summed E-state index contributed by atoms with van der Waals surface area (Å²) in [5.41, 5.74) is -2.74. The van der Waals surface area contributed by atoms with Gasteiger partial charge in [0.15, 0.2) is 12.6 Å². The Kier molecular flexibility index (Phi) is 14.1. The van der Waals surface area contributed by atoms with Crippen molar-refractivity contribution in [2.45, 2.75) is 222 Å². The molecule has 2 heterocycles. The van der Waals surface area contributed by atoms with Gasteiger partial charge < -0.3 is 90.1 Å². The van der Waals surface area contributed by atoms with E-state index in [9.17, 15) is 71.2 Å². The molecule has 0 aromatic carbocycles. The van der Waals surface area contributed by atoms with E-state index in [1.165, 1.54) is 0 Å². The molecule has 8 rings (SSSR count). The molecule has 6 saturated carbocycles. The molecule has 67 heavy (non-hydrogen) atoms. The molecule has 2 saturated heterocycles. The largest absolute Gasteiger partial charge is 0.481 e. The molecule has 19 nitrogen and oxygen atoms in total. The highest BCUT2D eigenvalue weighted by Gasteiger charge is 2.84. The Bertz CT molecular complexity index is 1790. The summed E-state index contributed by atoms with van der Waals surface area (Å²) >= 11 is 0. The van der Waals surface area contributed by atoms with Gasteiger partial charge in [-0.15, -0.1) is 0 Å². The van der Waals surface area contributed by atoms with Crippen molar-refractivity contribution in [3.05, 3.63) is 0 Å². The second-order valence-corrected chi connectivity index (χ2v) is 24.0. The lowest BCUT2D eigenvalue weighted by Crippen LogP contribution is -2.64. The molecule has 2 spiro atoms. The Labute approximate surface area is 392 Å². The SMILES string of the molecule is C[C@H](CC[C@H](O)C(C)(C)O[C@@H]1O[C@H](CO)[C@@H](O)[C@H](O)[C@H]1O)[C@H]1[C@@H](O)C[C@@]2(C)[C@@H]3C[C@H](O)[C@H]4C(C)(C)[C@@H](O[C@@H]5OC[C@@H](O)[C@H](O)[C@H]5O[C@@H]5C[C@H](C(=O)O)[C@@H](O)[C@H](O)[C@H]5O)CC[C@@]45C[C@@]35CC[C@]12C. The summed E-state index contributed by atoms with van der Waals surface area (Å²) in [5.74, 6) is -3.01. The van der Waals surface area contributed by atoms with Gasteiger partial charge in [-0.05, 0) is 129 Å². The molecule has 0 amide bonds. The fraction of sp³-hybridized carbons (Fsp3) is 0.979. The summed E-state index contributed by atoms with van der Waals surface area (Å²) < 4.78 is 30.3. The molecule has 6 aliphatic carbocycles. The number of carboxylic acids is 1. The third-order valence-corrected chi connectivity index (χ3v) is 20.0. The highest BCUT2D eigenvalue weighted by Crippen LogP contribution is 2.89. The third kappa shape index (κ3) is 8.08.